The third-order valence-corrected chi connectivity index (χ3v) is 10.5. The van der Waals surface area contributed by atoms with E-state index < -0.39 is 46.5 Å². The molecule has 6 rings (SSSR count). The van der Waals surface area contributed by atoms with E-state index in [1.165, 1.54) is 12.2 Å². The molecule has 5 aliphatic rings. The van der Waals surface area contributed by atoms with Gasteiger partial charge in [-0.2, -0.15) is 0 Å². The molecular formula is C29H34FNO5. The lowest BCUT2D eigenvalue weighted by molar-refractivity contribution is -0.223. The van der Waals surface area contributed by atoms with Crippen LogP contribution >= 0.6 is 0 Å². The second-order valence-electron chi connectivity index (χ2n) is 12.0. The molecule has 0 amide bonds. The molecule has 0 spiro atoms. The number of ketones is 2. The Bertz CT molecular complexity index is 1190. The van der Waals surface area contributed by atoms with Crippen molar-refractivity contribution in [3.63, 3.8) is 0 Å². The van der Waals surface area contributed by atoms with Crippen molar-refractivity contribution in [2.45, 2.75) is 63.8 Å². The number of fused-ring (bicyclic) bond motifs is 7. The van der Waals surface area contributed by atoms with Gasteiger partial charge in [-0.1, -0.05) is 36.3 Å². The number of carbonyl (C=O) groups excluding carboxylic acids is 2. The molecule has 1 saturated heterocycles. The minimum atomic E-state index is -1.96. The number of hydrogen-bond donors (Lipinski definition) is 2. The van der Waals surface area contributed by atoms with Crippen molar-refractivity contribution in [3.05, 3.63) is 53.6 Å². The summed E-state index contributed by atoms with van der Waals surface area (Å²) in [4.78, 5) is 32.2. The Morgan fingerprint density at radius 1 is 1.22 bits per heavy atom. The van der Waals surface area contributed by atoms with Gasteiger partial charge in [0.05, 0.1) is 18.3 Å². The minimum Gasteiger partial charge on any atom is -0.390 e. The quantitative estimate of drug-likeness (QED) is 0.666. The Balaban J connectivity index is 1.43. The molecule has 8 atom stereocenters. The summed E-state index contributed by atoms with van der Waals surface area (Å²) in [6.45, 7) is 5.53. The highest BCUT2D eigenvalue weighted by Gasteiger charge is 2.78. The van der Waals surface area contributed by atoms with Gasteiger partial charge in [-0.25, -0.2) is 4.39 Å². The number of carbonyl (C=O) groups is 2. The fourth-order valence-corrected chi connectivity index (χ4v) is 8.74. The van der Waals surface area contributed by atoms with E-state index in [2.05, 4.69) is 0 Å². The largest absolute Gasteiger partial charge is 0.390 e. The number of benzene rings is 1. The van der Waals surface area contributed by atoms with Crippen molar-refractivity contribution in [2.75, 3.05) is 18.2 Å². The number of aryl methyl sites for hydroxylation is 1. The number of hydroxylamine groups is 1. The molecule has 1 aromatic rings. The van der Waals surface area contributed by atoms with Gasteiger partial charge in [0.15, 0.2) is 22.8 Å². The van der Waals surface area contributed by atoms with E-state index in [1.807, 2.05) is 38.1 Å². The average Bonchev–Trinajstić information content (AvgIpc) is 3.34. The molecule has 7 heteroatoms. The maximum Gasteiger partial charge on any atom is 0.193 e. The summed E-state index contributed by atoms with van der Waals surface area (Å²) in [5.74, 6) is -1.51. The molecule has 0 aromatic heterocycles. The Morgan fingerprint density at radius 2 is 1.94 bits per heavy atom. The molecule has 4 fully saturated rings. The van der Waals surface area contributed by atoms with Crippen LogP contribution < -0.4 is 5.06 Å². The third-order valence-electron chi connectivity index (χ3n) is 10.5. The van der Waals surface area contributed by atoms with E-state index in [0.717, 1.165) is 16.8 Å². The molecule has 6 nitrogen and oxygen atoms in total. The number of Topliss-reactive ketones (excluding diaryl/α,β-unsaturated/α-hetero) is 1. The lowest BCUT2D eigenvalue weighted by Crippen LogP contribution is -2.69. The van der Waals surface area contributed by atoms with Gasteiger partial charge in [0.1, 0.15) is 6.61 Å². The van der Waals surface area contributed by atoms with Crippen LogP contribution in [0.25, 0.3) is 0 Å². The van der Waals surface area contributed by atoms with Crippen molar-refractivity contribution in [1.82, 2.24) is 0 Å². The van der Waals surface area contributed by atoms with E-state index in [1.54, 1.807) is 18.1 Å². The first kappa shape index (κ1) is 24.0. The van der Waals surface area contributed by atoms with Gasteiger partial charge < -0.3 is 10.2 Å². The summed E-state index contributed by atoms with van der Waals surface area (Å²) in [5.41, 5.74) is -2.57. The standard InChI is InChI=1S/C29H34FNO5/c1-17-4-7-20(8-5-17)31-15-19-13-23-22-9-6-18-12-21(33)10-11-26(18,2)28(22,30)24(34)14-27(23,3)29(19,36-31)25(35)16-32/h4-5,7-8,10-12,19,22-24,32,34H,6,9,13-16H2,1-3H3/t19-,22-,23-,24-,26-,27-,28-,29-/m0/s1. The molecule has 2 N–H and O–H groups in total. The second-order valence-corrected chi connectivity index (χ2v) is 12.0. The predicted octanol–water partition coefficient (Wildman–Crippen LogP) is 3.64. The minimum absolute atomic E-state index is 0.0410. The topological polar surface area (TPSA) is 87.1 Å². The molecule has 1 aromatic carbocycles. The zero-order valence-electron chi connectivity index (χ0n) is 21.0. The molecule has 1 heterocycles. The molecule has 0 bridgehead atoms. The van der Waals surface area contributed by atoms with Crippen LogP contribution in [0.1, 0.15) is 45.1 Å². The fraction of sp³-hybridized carbons (Fsp3) is 0.586. The van der Waals surface area contributed by atoms with E-state index >= 15 is 4.39 Å². The third kappa shape index (κ3) is 2.71. The van der Waals surface area contributed by atoms with Crippen molar-refractivity contribution in [3.8, 4) is 0 Å². The SMILES string of the molecule is Cc1ccc(N2C[C@@H]3C[C@H]4[C@@H]5CCC6=CC(=O)C=C[C@]6(C)[C@@]5(F)[C@@H](O)C[C@]4(C)[C@]3(C(=O)CO)O2)cc1. The number of aliphatic hydroxyl groups is 2. The number of halogens is 1. The Morgan fingerprint density at radius 3 is 2.64 bits per heavy atom. The monoisotopic (exact) mass is 495 g/mol. The first-order valence-corrected chi connectivity index (χ1v) is 13.0. The van der Waals surface area contributed by atoms with Crippen molar-refractivity contribution in [2.24, 2.45) is 28.6 Å². The van der Waals surface area contributed by atoms with Gasteiger partial charge in [-0.3, -0.25) is 19.5 Å². The van der Waals surface area contributed by atoms with Crippen LogP contribution in [-0.2, 0) is 14.4 Å². The van der Waals surface area contributed by atoms with Crippen LogP contribution in [-0.4, -0.2) is 52.3 Å². The van der Waals surface area contributed by atoms with Crippen molar-refractivity contribution >= 4 is 17.3 Å². The summed E-state index contributed by atoms with van der Waals surface area (Å²) >= 11 is 0. The number of allylic oxidation sites excluding steroid dienone is 4. The van der Waals surface area contributed by atoms with Crippen molar-refractivity contribution < 1.29 is 29.0 Å². The summed E-state index contributed by atoms with van der Waals surface area (Å²) < 4.78 is 17.4. The fourth-order valence-electron chi connectivity index (χ4n) is 8.74. The van der Waals surface area contributed by atoms with Crippen LogP contribution in [0.5, 0.6) is 0 Å². The number of nitrogens with zero attached hydrogens (tertiary/aromatic N) is 1. The smallest absolute Gasteiger partial charge is 0.193 e. The molecule has 3 saturated carbocycles. The summed E-state index contributed by atoms with van der Waals surface area (Å²) in [6, 6.07) is 7.86. The Labute approximate surface area is 210 Å². The molecule has 192 valence electrons. The molecule has 0 unspecified atom stereocenters. The predicted molar refractivity (Wildman–Crippen MR) is 132 cm³/mol. The van der Waals surface area contributed by atoms with Crippen LogP contribution in [0.15, 0.2) is 48.1 Å². The van der Waals surface area contributed by atoms with Gasteiger partial charge in [0.25, 0.3) is 0 Å². The van der Waals surface area contributed by atoms with E-state index in [9.17, 15) is 19.8 Å². The van der Waals surface area contributed by atoms with Crippen LogP contribution in [0.4, 0.5) is 10.1 Å². The maximum atomic E-state index is 17.4. The van der Waals surface area contributed by atoms with E-state index in [4.69, 9.17) is 4.84 Å². The Hall–Kier alpha value is -2.35. The number of rotatable bonds is 3. The molecule has 4 aliphatic carbocycles. The van der Waals surface area contributed by atoms with Crippen LogP contribution in [0, 0.1) is 35.5 Å². The molecular weight excluding hydrogens is 461 g/mol. The van der Waals surface area contributed by atoms with Crippen LogP contribution in [0.3, 0.4) is 0 Å². The lowest BCUT2D eigenvalue weighted by atomic mass is 9.44. The van der Waals surface area contributed by atoms with Gasteiger partial charge in [0, 0.05) is 22.7 Å². The van der Waals surface area contributed by atoms with Gasteiger partial charge in [-0.05, 0) is 69.7 Å². The molecule has 0 radical (unpaired) electrons. The zero-order chi connectivity index (χ0) is 25.7. The van der Waals surface area contributed by atoms with Crippen LogP contribution in [0.2, 0.25) is 0 Å². The van der Waals surface area contributed by atoms with Gasteiger partial charge in [-0.15, -0.1) is 0 Å². The highest BCUT2D eigenvalue weighted by molar-refractivity contribution is 6.01. The highest BCUT2D eigenvalue weighted by atomic mass is 19.1. The summed E-state index contributed by atoms with van der Waals surface area (Å²) in [5, 5.41) is 23.4. The zero-order valence-corrected chi connectivity index (χ0v) is 21.0. The number of alkyl halides is 1. The second kappa shape index (κ2) is 7.59. The highest BCUT2D eigenvalue weighted by Crippen LogP contribution is 2.72. The summed E-state index contributed by atoms with van der Waals surface area (Å²) in [7, 11) is 0. The van der Waals surface area contributed by atoms with Gasteiger partial charge in [0.2, 0.25) is 0 Å². The van der Waals surface area contributed by atoms with E-state index in [-0.39, 0.29) is 24.0 Å². The summed E-state index contributed by atoms with van der Waals surface area (Å²) in [6.07, 6.45) is 4.91. The van der Waals surface area contributed by atoms with Gasteiger partial charge >= 0.3 is 0 Å². The number of hydrogen-bond acceptors (Lipinski definition) is 6. The first-order valence-electron chi connectivity index (χ1n) is 13.0. The number of aliphatic hydroxyl groups excluding tert-OH is 2. The van der Waals surface area contributed by atoms with E-state index in [0.29, 0.717) is 25.8 Å². The molecule has 1 aliphatic heterocycles. The first-order chi connectivity index (χ1) is 17.0. The number of anilines is 1. The van der Waals surface area contributed by atoms with Crippen molar-refractivity contribution in [1.29, 1.82) is 0 Å². The maximum absolute atomic E-state index is 17.4. The normalized spacial score (nSPS) is 45.0. The molecule has 36 heavy (non-hydrogen) atoms. The average molecular weight is 496 g/mol. The Kier molecular flexibility index (Phi) is 5.06. The lowest BCUT2D eigenvalue weighted by Gasteiger charge is -2.62.